The molecule has 1 saturated heterocycles. The summed E-state index contributed by atoms with van der Waals surface area (Å²) in [6.07, 6.45) is -1.25. The quantitative estimate of drug-likeness (QED) is 0.418. The predicted octanol–water partition coefficient (Wildman–Crippen LogP) is 1.37. The van der Waals surface area contributed by atoms with Gasteiger partial charge in [0.15, 0.2) is 0 Å². The lowest BCUT2D eigenvalue weighted by molar-refractivity contribution is -0.145. The molecule has 0 spiro atoms. The minimum atomic E-state index is -3.10. The van der Waals surface area contributed by atoms with Gasteiger partial charge in [0, 0.05) is 19.5 Å². The number of likely N-dealkylation sites (tertiary alicyclic amines) is 1. The van der Waals surface area contributed by atoms with E-state index in [1.165, 1.54) is 11.9 Å². The molecule has 1 aliphatic heterocycles. The second-order valence-corrected chi connectivity index (χ2v) is 9.74. The van der Waals surface area contributed by atoms with Gasteiger partial charge in [0.05, 0.1) is 13.2 Å². The highest BCUT2D eigenvalue weighted by Crippen LogP contribution is 2.30. The maximum atomic E-state index is 13.4. The summed E-state index contributed by atoms with van der Waals surface area (Å²) in [5.41, 5.74) is -0.723. The summed E-state index contributed by atoms with van der Waals surface area (Å²) in [6, 6.07) is -3.86. The minimum absolute atomic E-state index is 0.263. The zero-order valence-corrected chi connectivity index (χ0v) is 20.8. The van der Waals surface area contributed by atoms with E-state index in [1.54, 1.807) is 27.7 Å². The third-order valence-corrected chi connectivity index (χ3v) is 5.74. The molecule has 194 valence electrons. The van der Waals surface area contributed by atoms with Crippen LogP contribution < -0.4 is 16.0 Å². The smallest absolute Gasteiger partial charge is 0.407 e. The van der Waals surface area contributed by atoms with Crippen molar-refractivity contribution in [2.24, 2.45) is 5.41 Å². The number of halogens is 2. The molecule has 10 nitrogen and oxygen atoms in total. The molecular formula is C22H36F2N4O6. The van der Waals surface area contributed by atoms with Gasteiger partial charge in [-0.3, -0.25) is 19.2 Å². The summed E-state index contributed by atoms with van der Waals surface area (Å²) in [6.45, 7) is 7.64. The van der Waals surface area contributed by atoms with Crippen molar-refractivity contribution in [3.8, 4) is 0 Å². The number of amides is 4. The molecule has 0 aromatic rings. The van der Waals surface area contributed by atoms with Gasteiger partial charge in [-0.2, -0.15) is 0 Å². The Bertz CT molecular complexity index is 793. The number of hydrogen-bond acceptors (Lipinski definition) is 6. The zero-order chi connectivity index (χ0) is 26.4. The average molecular weight is 491 g/mol. The number of methoxy groups -OCH3 is 1. The first kappa shape index (κ1) is 29.2. The van der Waals surface area contributed by atoms with Gasteiger partial charge in [0.1, 0.15) is 12.1 Å². The van der Waals surface area contributed by atoms with Gasteiger partial charge in [-0.1, -0.05) is 20.8 Å². The van der Waals surface area contributed by atoms with E-state index in [4.69, 9.17) is 0 Å². The van der Waals surface area contributed by atoms with E-state index in [1.807, 2.05) is 0 Å². The number of alkyl halides is 2. The summed E-state index contributed by atoms with van der Waals surface area (Å²) in [7, 11) is 2.38. The summed E-state index contributed by atoms with van der Waals surface area (Å²) < 4.78 is 31.4. The number of alkyl carbamates (subject to hydrolysis) is 1. The number of carbonyl (C=O) groups excluding carboxylic acids is 5. The second kappa shape index (κ2) is 11.6. The fourth-order valence-electron chi connectivity index (χ4n) is 3.80. The molecule has 1 aliphatic rings. The van der Waals surface area contributed by atoms with Crippen molar-refractivity contribution in [3.63, 3.8) is 0 Å². The molecule has 0 bridgehead atoms. The maximum Gasteiger partial charge on any atom is 0.407 e. The number of ketones is 1. The summed E-state index contributed by atoms with van der Waals surface area (Å²) in [5.74, 6) is -6.42. The van der Waals surface area contributed by atoms with E-state index in [0.717, 1.165) is 7.11 Å². The van der Waals surface area contributed by atoms with Gasteiger partial charge < -0.3 is 25.6 Å². The highest BCUT2D eigenvalue weighted by atomic mass is 19.3. The Morgan fingerprint density at radius 3 is 2.12 bits per heavy atom. The normalized spacial score (nSPS) is 20.2. The van der Waals surface area contributed by atoms with Crippen LogP contribution in [0.4, 0.5) is 13.6 Å². The number of hydrogen-bond donors (Lipinski definition) is 3. The van der Waals surface area contributed by atoms with Crippen molar-refractivity contribution in [1.82, 2.24) is 20.9 Å². The van der Waals surface area contributed by atoms with E-state index < -0.39 is 71.9 Å². The highest BCUT2D eigenvalue weighted by molar-refractivity contribution is 6.38. The number of carbonyl (C=O) groups is 5. The Morgan fingerprint density at radius 2 is 1.65 bits per heavy atom. The van der Waals surface area contributed by atoms with Crippen molar-refractivity contribution in [2.45, 2.75) is 90.4 Å². The van der Waals surface area contributed by atoms with E-state index in [0.29, 0.717) is 13.3 Å². The molecule has 1 heterocycles. The third kappa shape index (κ3) is 7.91. The number of nitrogens with zero attached hydrogens (tertiary/aromatic N) is 1. The standard InChI is InChI=1S/C22H36F2N4O6/c1-12-8-9-14(28(12)19(32)16(21(2,3)4)27-20(33)34-7)17(30)26-13(10-11-22(5,23)24)15(29)18(31)25-6/h12-14,16H,8-11H2,1-7H3,(H,25,31)(H,26,30)(H,27,33)/t12-,13-,14-,16+/m0/s1. The number of rotatable bonds is 9. The third-order valence-electron chi connectivity index (χ3n) is 5.74. The molecule has 0 radical (unpaired) electrons. The van der Waals surface area contributed by atoms with E-state index >= 15 is 0 Å². The van der Waals surface area contributed by atoms with E-state index in [9.17, 15) is 32.8 Å². The summed E-state index contributed by atoms with van der Waals surface area (Å²) >= 11 is 0. The van der Waals surface area contributed by atoms with Crippen LogP contribution in [0.3, 0.4) is 0 Å². The van der Waals surface area contributed by atoms with Crippen LogP contribution in [-0.2, 0) is 23.9 Å². The molecule has 1 rings (SSSR count). The summed E-state index contributed by atoms with van der Waals surface area (Å²) in [4.78, 5) is 63.9. The van der Waals surface area contributed by atoms with E-state index in [2.05, 4.69) is 20.7 Å². The lowest BCUT2D eigenvalue weighted by Gasteiger charge is -2.37. The molecular weight excluding hydrogens is 454 g/mol. The van der Waals surface area contributed by atoms with Crippen molar-refractivity contribution < 1.29 is 37.5 Å². The first-order chi connectivity index (χ1) is 15.5. The average Bonchev–Trinajstić information content (AvgIpc) is 3.12. The van der Waals surface area contributed by atoms with Crippen LogP contribution in [0.15, 0.2) is 0 Å². The largest absolute Gasteiger partial charge is 0.453 e. The Morgan fingerprint density at radius 1 is 1.06 bits per heavy atom. The van der Waals surface area contributed by atoms with Crippen molar-refractivity contribution in [1.29, 1.82) is 0 Å². The molecule has 4 amide bonds. The second-order valence-electron chi connectivity index (χ2n) is 9.74. The number of likely N-dealkylation sites (N-methyl/N-ethyl adjacent to an activating group) is 1. The number of nitrogens with one attached hydrogen (secondary N) is 3. The Labute approximate surface area is 198 Å². The minimum Gasteiger partial charge on any atom is -0.453 e. The molecule has 34 heavy (non-hydrogen) atoms. The number of Topliss-reactive ketones (excluding diaryl/α,β-unsaturated/α-hetero) is 1. The van der Waals surface area contributed by atoms with Crippen LogP contribution in [0, 0.1) is 5.41 Å². The highest BCUT2D eigenvalue weighted by Gasteiger charge is 2.45. The molecule has 0 unspecified atom stereocenters. The van der Waals surface area contributed by atoms with Gasteiger partial charge in [-0.15, -0.1) is 0 Å². The van der Waals surface area contributed by atoms with Crippen LogP contribution in [0.5, 0.6) is 0 Å². The Balaban J connectivity index is 3.16. The molecule has 3 N–H and O–H groups in total. The fourth-order valence-corrected chi connectivity index (χ4v) is 3.80. The molecule has 0 saturated carbocycles. The predicted molar refractivity (Wildman–Crippen MR) is 119 cm³/mol. The van der Waals surface area contributed by atoms with Gasteiger partial charge in [-0.05, 0) is 38.5 Å². The van der Waals surface area contributed by atoms with Crippen molar-refractivity contribution in [3.05, 3.63) is 0 Å². The molecule has 4 atom stereocenters. The monoisotopic (exact) mass is 490 g/mol. The Kier molecular flexibility index (Phi) is 9.95. The Hall–Kier alpha value is -2.79. The SMILES string of the molecule is CNC(=O)C(=O)[C@H](CCC(C)(F)F)NC(=O)[C@@H]1CC[C@H](C)N1C(=O)[C@@H](NC(=O)OC)C(C)(C)C. The molecule has 0 aliphatic carbocycles. The maximum absolute atomic E-state index is 13.4. The number of ether oxygens (including phenoxy) is 1. The molecule has 12 heteroatoms. The van der Waals surface area contributed by atoms with Gasteiger partial charge in [0.25, 0.3) is 5.91 Å². The fraction of sp³-hybridized carbons (Fsp3) is 0.773. The van der Waals surface area contributed by atoms with Gasteiger partial charge in [0.2, 0.25) is 23.5 Å². The van der Waals surface area contributed by atoms with Gasteiger partial charge >= 0.3 is 6.09 Å². The van der Waals surface area contributed by atoms with Crippen LogP contribution in [0.1, 0.15) is 60.3 Å². The first-order valence-electron chi connectivity index (χ1n) is 11.1. The summed E-state index contributed by atoms with van der Waals surface area (Å²) in [5, 5.41) is 7.03. The van der Waals surface area contributed by atoms with Crippen LogP contribution in [0.25, 0.3) is 0 Å². The lowest BCUT2D eigenvalue weighted by atomic mass is 9.85. The van der Waals surface area contributed by atoms with Crippen LogP contribution in [0.2, 0.25) is 0 Å². The molecule has 0 aromatic heterocycles. The topological polar surface area (TPSA) is 134 Å². The van der Waals surface area contributed by atoms with Crippen molar-refractivity contribution in [2.75, 3.05) is 14.2 Å². The van der Waals surface area contributed by atoms with E-state index in [-0.39, 0.29) is 12.5 Å². The van der Waals surface area contributed by atoms with Crippen LogP contribution >= 0.6 is 0 Å². The lowest BCUT2D eigenvalue weighted by Crippen LogP contribution is -2.60. The van der Waals surface area contributed by atoms with Gasteiger partial charge in [-0.25, -0.2) is 13.6 Å². The first-order valence-corrected chi connectivity index (χ1v) is 11.1. The molecule has 0 aromatic carbocycles. The zero-order valence-electron chi connectivity index (χ0n) is 20.8. The van der Waals surface area contributed by atoms with Crippen molar-refractivity contribution >= 4 is 29.6 Å². The molecule has 1 fully saturated rings. The van der Waals surface area contributed by atoms with Crippen LogP contribution in [-0.4, -0.2) is 78.7 Å².